The van der Waals surface area contributed by atoms with Gasteiger partial charge in [-0.05, 0) is 40.9 Å². The van der Waals surface area contributed by atoms with E-state index in [-0.39, 0.29) is 0 Å². The minimum absolute atomic E-state index is 0.419. The Kier molecular flexibility index (Phi) is 3.63. The van der Waals surface area contributed by atoms with Crippen LogP contribution in [0.25, 0.3) is 22.3 Å². The molecule has 0 aliphatic carbocycles. The van der Waals surface area contributed by atoms with E-state index in [1.165, 1.54) is 0 Å². The number of para-hydroxylation sites is 1. The molecule has 1 saturated heterocycles. The summed E-state index contributed by atoms with van der Waals surface area (Å²) in [6.45, 7) is 1.62. The summed E-state index contributed by atoms with van der Waals surface area (Å²) in [6.07, 6.45) is 7.75. The molecule has 0 bridgehead atoms. The Morgan fingerprint density at radius 3 is 2.91 bits per heavy atom. The Labute approximate surface area is 136 Å². The molecule has 0 N–H and O–H groups in total. The molecule has 0 radical (unpaired) electrons. The van der Waals surface area contributed by atoms with E-state index in [1.54, 1.807) is 6.20 Å². The maximum absolute atomic E-state index is 5.41. The monoisotopic (exact) mass is 358 g/mol. The molecule has 1 fully saturated rings. The number of fused-ring (bicyclic) bond motifs is 1. The molecule has 0 saturated carbocycles. The van der Waals surface area contributed by atoms with Crippen LogP contribution in [0, 0.1) is 0 Å². The second kappa shape index (κ2) is 5.78. The second-order valence-electron chi connectivity index (χ2n) is 5.42. The molecule has 112 valence electrons. The lowest BCUT2D eigenvalue weighted by atomic mass is 10.1. The first-order valence-electron chi connectivity index (χ1n) is 7.35. The van der Waals surface area contributed by atoms with E-state index in [0.29, 0.717) is 6.04 Å². The summed E-state index contributed by atoms with van der Waals surface area (Å²) >= 11 is 3.53. The van der Waals surface area contributed by atoms with Crippen molar-refractivity contribution in [2.24, 2.45) is 0 Å². The summed E-state index contributed by atoms with van der Waals surface area (Å²) in [5, 5.41) is 4.50. The van der Waals surface area contributed by atoms with Gasteiger partial charge in [0.2, 0.25) is 0 Å². The second-order valence-corrected chi connectivity index (χ2v) is 6.27. The van der Waals surface area contributed by atoms with E-state index in [2.05, 4.69) is 32.2 Å². The molecule has 1 aromatic carbocycles. The van der Waals surface area contributed by atoms with Crippen molar-refractivity contribution >= 4 is 27.0 Å². The minimum Gasteiger partial charge on any atom is -0.381 e. The van der Waals surface area contributed by atoms with Gasteiger partial charge in [-0.1, -0.05) is 6.07 Å². The van der Waals surface area contributed by atoms with Gasteiger partial charge in [-0.15, -0.1) is 0 Å². The smallest absolute Gasteiger partial charge is 0.104 e. The quantitative estimate of drug-likeness (QED) is 0.702. The van der Waals surface area contributed by atoms with Gasteiger partial charge in [0, 0.05) is 29.4 Å². The lowest BCUT2D eigenvalue weighted by Gasteiger charge is -2.22. The fourth-order valence-corrected chi connectivity index (χ4v) is 3.20. The van der Waals surface area contributed by atoms with Gasteiger partial charge < -0.3 is 4.74 Å². The highest BCUT2D eigenvalue weighted by Crippen LogP contribution is 2.26. The zero-order chi connectivity index (χ0) is 14.9. The van der Waals surface area contributed by atoms with Gasteiger partial charge in [-0.25, -0.2) is 4.98 Å². The van der Waals surface area contributed by atoms with Crippen molar-refractivity contribution in [1.29, 1.82) is 0 Å². The van der Waals surface area contributed by atoms with Gasteiger partial charge in [0.15, 0.2) is 0 Å². The van der Waals surface area contributed by atoms with Gasteiger partial charge in [0.25, 0.3) is 0 Å². The number of ether oxygens (including phenoxy) is 1. The summed E-state index contributed by atoms with van der Waals surface area (Å²) in [4.78, 5) is 9.21. The fraction of sp³-hybridized carbons (Fsp3) is 0.312. The molecule has 6 heteroatoms. The highest BCUT2D eigenvalue weighted by Gasteiger charge is 2.17. The van der Waals surface area contributed by atoms with Crippen molar-refractivity contribution < 1.29 is 4.74 Å². The number of benzene rings is 1. The molecule has 0 unspecified atom stereocenters. The molecule has 4 rings (SSSR count). The van der Waals surface area contributed by atoms with Crippen molar-refractivity contribution in [2.75, 3.05) is 13.2 Å². The fourth-order valence-electron chi connectivity index (χ4n) is 2.76. The molecule has 2 aromatic heterocycles. The zero-order valence-electron chi connectivity index (χ0n) is 11.9. The highest BCUT2D eigenvalue weighted by molar-refractivity contribution is 9.10. The van der Waals surface area contributed by atoms with Crippen LogP contribution in [0.3, 0.4) is 0 Å². The van der Waals surface area contributed by atoms with Crippen LogP contribution >= 0.6 is 15.9 Å². The van der Waals surface area contributed by atoms with Gasteiger partial charge in [0.05, 0.1) is 29.6 Å². The number of nitrogens with zero attached hydrogens (tertiary/aromatic N) is 4. The average molecular weight is 359 g/mol. The average Bonchev–Trinajstić information content (AvgIpc) is 3.06. The number of rotatable bonds is 2. The van der Waals surface area contributed by atoms with E-state index in [1.807, 2.05) is 29.1 Å². The van der Waals surface area contributed by atoms with E-state index < -0.39 is 0 Å². The third kappa shape index (κ3) is 2.53. The molecule has 3 heterocycles. The van der Waals surface area contributed by atoms with Crippen molar-refractivity contribution in [3.05, 3.63) is 41.3 Å². The van der Waals surface area contributed by atoms with Gasteiger partial charge in [-0.3, -0.25) is 9.67 Å². The third-order valence-corrected chi connectivity index (χ3v) is 4.63. The van der Waals surface area contributed by atoms with Crippen molar-refractivity contribution in [3.8, 4) is 11.3 Å². The van der Waals surface area contributed by atoms with Gasteiger partial charge >= 0.3 is 0 Å². The Morgan fingerprint density at radius 2 is 2.05 bits per heavy atom. The van der Waals surface area contributed by atoms with Crippen LogP contribution in [-0.2, 0) is 4.74 Å². The first-order valence-corrected chi connectivity index (χ1v) is 8.14. The van der Waals surface area contributed by atoms with Crippen LogP contribution in [0.4, 0.5) is 0 Å². The number of hydrogen-bond donors (Lipinski definition) is 0. The maximum Gasteiger partial charge on any atom is 0.104 e. The molecule has 0 spiro atoms. The first kappa shape index (κ1) is 13.8. The van der Waals surface area contributed by atoms with E-state index in [0.717, 1.165) is 52.8 Å². The molecule has 0 atom stereocenters. The highest BCUT2D eigenvalue weighted by atomic mass is 79.9. The zero-order valence-corrected chi connectivity index (χ0v) is 13.5. The summed E-state index contributed by atoms with van der Waals surface area (Å²) in [5.74, 6) is 0. The van der Waals surface area contributed by atoms with E-state index in [4.69, 9.17) is 9.72 Å². The summed E-state index contributed by atoms with van der Waals surface area (Å²) in [5.41, 5.74) is 3.60. The van der Waals surface area contributed by atoms with Crippen LogP contribution in [0.2, 0.25) is 0 Å². The Balaban J connectivity index is 1.69. The molecule has 1 aliphatic rings. The lowest BCUT2D eigenvalue weighted by Crippen LogP contribution is -2.19. The maximum atomic E-state index is 5.41. The Bertz CT molecular complexity index is 811. The Morgan fingerprint density at radius 1 is 1.18 bits per heavy atom. The number of aromatic nitrogens is 4. The summed E-state index contributed by atoms with van der Waals surface area (Å²) < 4.78 is 8.39. The SMILES string of the molecule is Brc1cccc2ncc(-c3cnn(C4CCOCC4)c3)nc12. The number of halogens is 1. The van der Waals surface area contributed by atoms with E-state index >= 15 is 0 Å². The van der Waals surface area contributed by atoms with E-state index in [9.17, 15) is 0 Å². The van der Waals surface area contributed by atoms with Crippen LogP contribution in [0.1, 0.15) is 18.9 Å². The third-order valence-electron chi connectivity index (χ3n) is 3.99. The van der Waals surface area contributed by atoms with Crippen molar-refractivity contribution in [1.82, 2.24) is 19.7 Å². The predicted molar refractivity (Wildman–Crippen MR) is 87.5 cm³/mol. The molecular formula is C16H15BrN4O. The largest absolute Gasteiger partial charge is 0.381 e. The summed E-state index contributed by atoms with van der Waals surface area (Å²) in [7, 11) is 0. The molecule has 22 heavy (non-hydrogen) atoms. The number of hydrogen-bond acceptors (Lipinski definition) is 4. The first-order chi connectivity index (χ1) is 10.8. The van der Waals surface area contributed by atoms with Gasteiger partial charge in [0.1, 0.15) is 5.52 Å². The van der Waals surface area contributed by atoms with Crippen LogP contribution < -0.4 is 0 Å². The molecule has 5 nitrogen and oxygen atoms in total. The molecule has 1 aliphatic heterocycles. The normalized spacial score (nSPS) is 16.2. The lowest BCUT2D eigenvalue weighted by molar-refractivity contribution is 0.0662. The standard InChI is InChI=1S/C16H15BrN4O/c17-13-2-1-3-14-16(13)20-15(9-18-14)11-8-19-21(10-11)12-4-6-22-7-5-12/h1-3,8-10,12H,4-7H2. The molecule has 0 amide bonds. The summed E-state index contributed by atoms with van der Waals surface area (Å²) in [6, 6.07) is 6.32. The minimum atomic E-state index is 0.419. The van der Waals surface area contributed by atoms with Crippen LogP contribution in [0.15, 0.2) is 41.3 Å². The van der Waals surface area contributed by atoms with Gasteiger partial charge in [-0.2, -0.15) is 5.10 Å². The van der Waals surface area contributed by atoms with Crippen LogP contribution in [-0.4, -0.2) is 33.0 Å². The molecule has 3 aromatic rings. The van der Waals surface area contributed by atoms with Crippen LogP contribution in [0.5, 0.6) is 0 Å². The molecular weight excluding hydrogens is 344 g/mol. The van der Waals surface area contributed by atoms with Crippen molar-refractivity contribution in [3.63, 3.8) is 0 Å². The van der Waals surface area contributed by atoms with Crippen molar-refractivity contribution in [2.45, 2.75) is 18.9 Å². The topological polar surface area (TPSA) is 52.8 Å². The predicted octanol–water partition coefficient (Wildman–Crippen LogP) is 3.61. The Hall–Kier alpha value is -1.79.